The summed E-state index contributed by atoms with van der Waals surface area (Å²) in [5.41, 5.74) is 0. The molecule has 0 aromatic carbocycles. The maximum Gasteiger partial charge on any atom is 0.309 e. The van der Waals surface area contributed by atoms with Crippen LogP contribution in [-0.2, 0) is 17.9 Å². The van der Waals surface area contributed by atoms with Crippen molar-refractivity contribution in [2.24, 2.45) is 5.92 Å². The molecule has 2 aromatic rings. The molecule has 2 aromatic heterocycles. The van der Waals surface area contributed by atoms with E-state index in [9.17, 15) is 9.90 Å². The minimum Gasteiger partial charge on any atom is -0.481 e. The van der Waals surface area contributed by atoms with Gasteiger partial charge in [0.25, 0.3) is 0 Å². The number of fused-ring (bicyclic) bond motifs is 1. The molecule has 0 spiro atoms. The molecule has 2 fully saturated rings. The Balaban J connectivity index is 1.46. The molecule has 2 aliphatic rings. The van der Waals surface area contributed by atoms with Crippen molar-refractivity contribution in [2.75, 3.05) is 39.3 Å². The predicted molar refractivity (Wildman–Crippen MR) is 94.5 cm³/mol. The van der Waals surface area contributed by atoms with Gasteiger partial charge in [-0.05, 0) is 24.3 Å². The fourth-order valence-electron chi connectivity index (χ4n) is 4.07. The maximum absolute atomic E-state index is 11.7. The number of carbonyl (C=O) groups is 1. The van der Waals surface area contributed by atoms with Crippen molar-refractivity contribution in [2.45, 2.75) is 19.1 Å². The summed E-state index contributed by atoms with van der Waals surface area (Å²) in [4.78, 5) is 18.7. The molecule has 2 aliphatic heterocycles. The van der Waals surface area contributed by atoms with Gasteiger partial charge in [0.15, 0.2) is 0 Å². The van der Waals surface area contributed by atoms with Crippen molar-refractivity contribution >= 4 is 5.97 Å². The van der Waals surface area contributed by atoms with Gasteiger partial charge < -0.3 is 13.9 Å². The number of rotatable bonds is 5. The fraction of sp³-hybridized carbons (Fsp3) is 0.526. The minimum atomic E-state index is -0.715. The highest BCUT2D eigenvalue weighted by Crippen LogP contribution is 2.22. The molecular weight excluding hydrogens is 334 g/mol. The van der Waals surface area contributed by atoms with E-state index in [2.05, 4.69) is 14.7 Å². The summed E-state index contributed by atoms with van der Waals surface area (Å²) in [6.07, 6.45) is 3.37. The molecule has 4 rings (SSSR count). The molecule has 140 valence electrons. The van der Waals surface area contributed by atoms with E-state index in [1.807, 2.05) is 24.3 Å². The van der Waals surface area contributed by atoms with Crippen molar-refractivity contribution in [1.29, 1.82) is 0 Å². The van der Waals surface area contributed by atoms with E-state index in [4.69, 9.17) is 8.83 Å². The molecule has 0 aliphatic carbocycles. The van der Waals surface area contributed by atoms with Crippen LogP contribution in [0.3, 0.4) is 0 Å². The Morgan fingerprint density at radius 3 is 2.23 bits per heavy atom. The average molecular weight is 359 g/mol. The van der Waals surface area contributed by atoms with Crippen LogP contribution in [0, 0.1) is 5.92 Å². The fourth-order valence-corrected chi connectivity index (χ4v) is 4.07. The summed E-state index contributed by atoms with van der Waals surface area (Å²) in [7, 11) is 0. The first kappa shape index (κ1) is 17.3. The molecule has 0 bridgehead atoms. The van der Waals surface area contributed by atoms with Gasteiger partial charge in [-0.1, -0.05) is 0 Å². The van der Waals surface area contributed by atoms with Gasteiger partial charge in [0.2, 0.25) is 0 Å². The highest BCUT2D eigenvalue weighted by Gasteiger charge is 2.36. The molecule has 26 heavy (non-hydrogen) atoms. The number of nitrogens with zero attached hydrogens (tertiary/aromatic N) is 3. The maximum atomic E-state index is 11.7. The second kappa shape index (κ2) is 7.65. The second-order valence-electron chi connectivity index (χ2n) is 7.27. The topological polar surface area (TPSA) is 73.3 Å². The summed E-state index contributed by atoms with van der Waals surface area (Å²) in [6, 6.07) is 8.06. The smallest absolute Gasteiger partial charge is 0.309 e. The Kier molecular flexibility index (Phi) is 5.10. The Labute approximate surface area is 152 Å². The Morgan fingerprint density at radius 1 is 0.962 bits per heavy atom. The van der Waals surface area contributed by atoms with Crippen LogP contribution in [0.15, 0.2) is 45.6 Å². The molecule has 0 amide bonds. The van der Waals surface area contributed by atoms with Gasteiger partial charge in [-0.15, -0.1) is 0 Å². The van der Waals surface area contributed by atoms with Crippen LogP contribution in [-0.4, -0.2) is 71.1 Å². The third-order valence-electron chi connectivity index (χ3n) is 5.36. The van der Waals surface area contributed by atoms with Crippen LogP contribution >= 0.6 is 0 Å². The van der Waals surface area contributed by atoms with E-state index in [0.29, 0.717) is 25.7 Å². The Bertz CT molecular complexity index is 700. The van der Waals surface area contributed by atoms with Crippen LogP contribution in [0.1, 0.15) is 11.5 Å². The molecule has 1 N–H and O–H groups in total. The summed E-state index contributed by atoms with van der Waals surface area (Å²) in [6.45, 7) is 6.22. The summed E-state index contributed by atoms with van der Waals surface area (Å²) in [5, 5.41) is 9.62. The highest BCUT2D eigenvalue weighted by molar-refractivity contribution is 5.70. The molecule has 2 unspecified atom stereocenters. The zero-order valence-electron chi connectivity index (χ0n) is 14.8. The van der Waals surface area contributed by atoms with Crippen molar-refractivity contribution in [1.82, 2.24) is 14.7 Å². The number of piperazine rings is 1. The van der Waals surface area contributed by atoms with Gasteiger partial charge in [0.1, 0.15) is 11.5 Å². The normalized spacial score (nSPS) is 25.7. The monoisotopic (exact) mass is 359 g/mol. The predicted octanol–water partition coefficient (Wildman–Crippen LogP) is 1.58. The van der Waals surface area contributed by atoms with Gasteiger partial charge >= 0.3 is 5.97 Å². The number of carboxylic acid groups (broad SMARTS) is 1. The molecule has 7 heteroatoms. The Morgan fingerprint density at radius 2 is 1.62 bits per heavy atom. The minimum absolute atomic E-state index is 0.318. The van der Waals surface area contributed by atoms with E-state index in [1.54, 1.807) is 12.5 Å². The first-order valence-corrected chi connectivity index (χ1v) is 9.13. The third-order valence-corrected chi connectivity index (χ3v) is 5.36. The van der Waals surface area contributed by atoms with Gasteiger partial charge in [0, 0.05) is 45.3 Å². The number of aliphatic carboxylic acids is 1. The third kappa shape index (κ3) is 4.00. The zero-order valence-corrected chi connectivity index (χ0v) is 14.8. The lowest BCUT2D eigenvalue weighted by atomic mass is 10.1. The SMILES string of the molecule is O=C(O)C1CN(Cc2ccco2)CC2CN(Cc3ccco3)CCN2C1. The molecule has 0 saturated carbocycles. The number of hydrogen-bond donors (Lipinski definition) is 1. The van der Waals surface area contributed by atoms with Crippen molar-refractivity contribution < 1.29 is 18.7 Å². The lowest BCUT2D eigenvalue weighted by Crippen LogP contribution is -2.55. The summed E-state index contributed by atoms with van der Waals surface area (Å²) < 4.78 is 11.0. The van der Waals surface area contributed by atoms with Crippen molar-refractivity contribution in [3.63, 3.8) is 0 Å². The van der Waals surface area contributed by atoms with Gasteiger partial charge in [-0.2, -0.15) is 0 Å². The average Bonchev–Trinajstić information content (AvgIpc) is 3.26. The molecule has 2 saturated heterocycles. The van der Waals surface area contributed by atoms with E-state index in [0.717, 1.165) is 44.2 Å². The Hall–Kier alpha value is -2.09. The largest absolute Gasteiger partial charge is 0.481 e. The van der Waals surface area contributed by atoms with Crippen LogP contribution < -0.4 is 0 Å². The molecular formula is C19H25N3O4. The van der Waals surface area contributed by atoms with Gasteiger partial charge in [-0.3, -0.25) is 19.5 Å². The summed E-state index contributed by atoms with van der Waals surface area (Å²) in [5.74, 6) is 0.772. The first-order valence-electron chi connectivity index (χ1n) is 9.13. The second-order valence-corrected chi connectivity index (χ2v) is 7.27. The van der Waals surface area contributed by atoms with Crippen LogP contribution in [0.2, 0.25) is 0 Å². The number of carboxylic acids is 1. The van der Waals surface area contributed by atoms with Crippen LogP contribution in [0.4, 0.5) is 0 Å². The van der Waals surface area contributed by atoms with E-state index in [1.165, 1.54) is 0 Å². The molecule has 2 atom stereocenters. The molecule has 7 nitrogen and oxygen atoms in total. The van der Waals surface area contributed by atoms with Crippen LogP contribution in [0.5, 0.6) is 0 Å². The van der Waals surface area contributed by atoms with Gasteiger partial charge in [0.05, 0.1) is 31.5 Å². The van der Waals surface area contributed by atoms with E-state index >= 15 is 0 Å². The number of hydrogen-bond acceptors (Lipinski definition) is 6. The lowest BCUT2D eigenvalue weighted by Gasteiger charge is -2.41. The van der Waals surface area contributed by atoms with Crippen LogP contribution in [0.25, 0.3) is 0 Å². The van der Waals surface area contributed by atoms with Gasteiger partial charge in [-0.25, -0.2) is 0 Å². The summed E-state index contributed by atoms with van der Waals surface area (Å²) >= 11 is 0. The quantitative estimate of drug-likeness (QED) is 0.869. The molecule has 0 radical (unpaired) electrons. The lowest BCUT2D eigenvalue weighted by molar-refractivity contribution is -0.142. The van der Waals surface area contributed by atoms with E-state index < -0.39 is 5.97 Å². The zero-order chi connectivity index (χ0) is 17.9. The van der Waals surface area contributed by atoms with E-state index in [-0.39, 0.29) is 5.92 Å². The first-order chi connectivity index (χ1) is 12.7. The van der Waals surface area contributed by atoms with Crippen molar-refractivity contribution in [3.05, 3.63) is 48.3 Å². The molecule has 4 heterocycles. The van der Waals surface area contributed by atoms with Crippen molar-refractivity contribution in [3.8, 4) is 0 Å². The highest BCUT2D eigenvalue weighted by atomic mass is 16.4. The number of furan rings is 2. The standard InChI is InChI=1S/C19H25N3O4/c23-19(24)15-9-21(14-18-4-2-8-26-18)12-16-11-20(5-6-22(16)10-15)13-17-3-1-7-25-17/h1-4,7-8,15-16H,5-6,9-14H2,(H,23,24).